The Bertz CT molecular complexity index is 863. The van der Waals surface area contributed by atoms with Gasteiger partial charge in [-0.2, -0.15) is 0 Å². The normalized spacial score (nSPS) is 14.2. The Hall–Kier alpha value is -3.35. The first-order valence-electron chi connectivity index (χ1n) is 9.54. The van der Waals surface area contributed by atoms with E-state index in [2.05, 4.69) is 5.32 Å². The van der Waals surface area contributed by atoms with Crippen molar-refractivity contribution in [3.63, 3.8) is 0 Å². The minimum atomic E-state index is -1.02. The summed E-state index contributed by atoms with van der Waals surface area (Å²) in [7, 11) is 1.51. The van der Waals surface area contributed by atoms with Crippen molar-refractivity contribution in [2.75, 3.05) is 26.7 Å². The summed E-state index contributed by atoms with van der Waals surface area (Å²) in [6.07, 6.45) is 0.866. The van der Waals surface area contributed by atoms with Crippen LogP contribution in [0.15, 0.2) is 54.6 Å². The SMILES string of the molecule is COc1cccc(C(=O)NCC(=O)OC(C(=O)N2CCCC2)c2ccccc2)c1. The van der Waals surface area contributed by atoms with Crippen LogP contribution >= 0.6 is 0 Å². The van der Waals surface area contributed by atoms with Gasteiger partial charge in [-0.25, -0.2) is 0 Å². The molecule has 1 atom stereocenters. The van der Waals surface area contributed by atoms with E-state index in [1.807, 2.05) is 6.07 Å². The van der Waals surface area contributed by atoms with Crippen molar-refractivity contribution < 1.29 is 23.9 Å². The molecule has 7 heteroatoms. The molecule has 2 amide bonds. The van der Waals surface area contributed by atoms with Crippen molar-refractivity contribution in [1.29, 1.82) is 0 Å². The van der Waals surface area contributed by atoms with Crippen LogP contribution in [0.25, 0.3) is 0 Å². The summed E-state index contributed by atoms with van der Waals surface area (Å²) in [5.74, 6) is -0.799. The fraction of sp³-hybridized carbons (Fsp3) is 0.318. The van der Waals surface area contributed by atoms with Crippen LogP contribution in [0.2, 0.25) is 0 Å². The summed E-state index contributed by atoms with van der Waals surface area (Å²) < 4.78 is 10.6. The molecule has 152 valence electrons. The highest BCUT2D eigenvalue weighted by atomic mass is 16.5. The van der Waals surface area contributed by atoms with Gasteiger partial charge in [-0.05, 0) is 31.0 Å². The molecule has 1 saturated heterocycles. The summed E-state index contributed by atoms with van der Waals surface area (Å²) in [4.78, 5) is 39.2. The zero-order chi connectivity index (χ0) is 20.6. The topological polar surface area (TPSA) is 84.9 Å². The molecule has 0 bridgehead atoms. The minimum absolute atomic E-state index is 0.235. The molecule has 1 aliphatic rings. The molecule has 0 radical (unpaired) electrons. The van der Waals surface area contributed by atoms with Crippen molar-refractivity contribution in [3.8, 4) is 5.75 Å². The molecular weight excluding hydrogens is 372 g/mol. The Morgan fingerprint density at radius 2 is 1.76 bits per heavy atom. The Morgan fingerprint density at radius 3 is 2.45 bits per heavy atom. The van der Waals surface area contributed by atoms with Crippen molar-refractivity contribution in [3.05, 3.63) is 65.7 Å². The number of ether oxygens (including phenoxy) is 2. The first-order chi connectivity index (χ1) is 14.1. The average Bonchev–Trinajstić information content (AvgIpc) is 3.31. The summed E-state index contributed by atoms with van der Waals surface area (Å²) in [6, 6.07) is 15.5. The monoisotopic (exact) mass is 396 g/mol. The van der Waals surface area contributed by atoms with E-state index < -0.39 is 18.0 Å². The van der Waals surface area contributed by atoms with Gasteiger partial charge in [0.2, 0.25) is 6.10 Å². The molecule has 1 unspecified atom stereocenters. The molecule has 29 heavy (non-hydrogen) atoms. The van der Waals surface area contributed by atoms with E-state index in [9.17, 15) is 14.4 Å². The molecule has 0 aliphatic carbocycles. The maximum absolute atomic E-state index is 12.9. The number of carbonyl (C=O) groups excluding carboxylic acids is 3. The summed E-state index contributed by atoms with van der Waals surface area (Å²) in [6.45, 7) is 0.977. The van der Waals surface area contributed by atoms with Crippen LogP contribution in [0.3, 0.4) is 0 Å². The molecule has 2 aromatic carbocycles. The number of likely N-dealkylation sites (tertiary alicyclic amines) is 1. The van der Waals surface area contributed by atoms with Gasteiger partial charge in [0.05, 0.1) is 7.11 Å². The smallest absolute Gasteiger partial charge is 0.326 e. The number of carbonyl (C=O) groups is 3. The summed E-state index contributed by atoms with van der Waals surface area (Å²) >= 11 is 0. The molecule has 3 rings (SSSR count). The van der Waals surface area contributed by atoms with Crippen molar-refractivity contribution in [2.45, 2.75) is 18.9 Å². The van der Waals surface area contributed by atoms with Gasteiger partial charge >= 0.3 is 5.97 Å². The van der Waals surface area contributed by atoms with E-state index in [4.69, 9.17) is 9.47 Å². The Kier molecular flexibility index (Phi) is 6.84. The maximum atomic E-state index is 12.9. The number of benzene rings is 2. The van der Waals surface area contributed by atoms with Crippen LogP contribution < -0.4 is 10.1 Å². The molecule has 0 aromatic heterocycles. The number of amides is 2. The highest BCUT2D eigenvalue weighted by molar-refractivity contribution is 5.96. The van der Waals surface area contributed by atoms with Gasteiger partial charge in [0, 0.05) is 24.2 Å². The lowest BCUT2D eigenvalue weighted by molar-refractivity contribution is -0.159. The predicted octanol–water partition coefficient (Wildman–Crippen LogP) is 2.33. The van der Waals surface area contributed by atoms with Crippen LogP contribution in [0.4, 0.5) is 0 Å². The first-order valence-corrected chi connectivity index (χ1v) is 9.54. The number of nitrogens with zero attached hydrogens (tertiary/aromatic N) is 1. The van der Waals surface area contributed by atoms with Gasteiger partial charge < -0.3 is 19.7 Å². The lowest BCUT2D eigenvalue weighted by atomic mass is 10.1. The zero-order valence-corrected chi connectivity index (χ0v) is 16.3. The third kappa shape index (κ3) is 5.34. The second kappa shape index (κ2) is 9.73. The molecule has 1 fully saturated rings. The van der Waals surface area contributed by atoms with Crippen molar-refractivity contribution in [2.24, 2.45) is 0 Å². The van der Waals surface area contributed by atoms with E-state index in [0.29, 0.717) is 30.0 Å². The Morgan fingerprint density at radius 1 is 1.03 bits per heavy atom. The lowest BCUT2D eigenvalue weighted by Crippen LogP contribution is -2.37. The van der Waals surface area contributed by atoms with Crippen LogP contribution in [0.1, 0.15) is 34.9 Å². The molecule has 0 spiro atoms. The van der Waals surface area contributed by atoms with E-state index in [-0.39, 0.29) is 12.5 Å². The molecular formula is C22H24N2O5. The Balaban J connectivity index is 1.63. The molecule has 7 nitrogen and oxygen atoms in total. The van der Waals surface area contributed by atoms with Crippen molar-refractivity contribution >= 4 is 17.8 Å². The van der Waals surface area contributed by atoms with Crippen LogP contribution in [-0.2, 0) is 14.3 Å². The molecule has 2 aromatic rings. The van der Waals surface area contributed by atoms with E-state index in [1.165, 1.54) is 7.11 Å². The number of hydrogen-bond acceptors (Lipinski definition) is 5. The number of methoxy groups -OCH3 is 1. The van der Waals surface area contributed by atoms with Crippen LogP contribution in [0.5, 0.6) is 5.75 Å². The standard InChI is InChI=1S/C22H24N2O5/c1-28-18-11-7-10-17(14-18)21(26)23-15-19(25)29-20(16-8-3-2-4-9-16)22(27)24-12-5-6-13-24/h2-4,7-11,14,20H,5-6,12-13,15H2,1H3,(H,23,26). The highest BCUT2D eigenvalue weighted by Gasteiger charge is 2.30. The number of rotatable bonds is 7. The van der Waals surface area contributed by atoms with Gasteiger partial charge in [-0.3, -0.25) is 14.4 Å². The first kappa shape index (κ1) is 20.4. The summed E-state index contributed by atoms with van der Waals surface area (Å²) in [5, 5.41) is 2.52. The number of nitrogens with one attached hydrogen (secondary N) is 1. The van der Waals surface area contributed by atoms with Crippen molar-refractivity contribution in [1.82, 2.24) is 10.2 Å². The van der Waals surface area contributed by atoms with Gasteiger partial charge in [0.25, 0.3) is 11.8 Å². The second-order valence-electron chi connectivity index (χ2n) is 6.73. The highest BCUT2D eigenvalue weighted by Crippen LogP contribution is 2.23. The van der Waals surface area contributed by atoms with Gasteiger partial charge in [0.1, 0.15) is 12.3 Å². The van der Waals surface area contributed by atoms with E-state index in [1.54, 1.807) is 53.4 Å². The number of hydrogen-bond donors (Lipinski definition) is 1. The Labute approximate surface area is 169 Å². The average molecular weight is 396 g/mol. The molecule has 1 aliphatic heterocycles. The second-order valence-corrected chi connectivity index (χ2v) is 6.73. The van der Waals surface area contributed by atoms with Gasteiger partial charge in [-0.15, -0.1) is 0 Å². The fourth-order valence-corrected chi connectivity index (χ4v) is 3.18. The molecule has 1 N–H and O–H groups in total. The zero-order valence-electron chi connectivity index (χ0n) is 16.3. The van der Waals surface area contributed by atoms with E-state index in [0.717, 1.165) is 12.8 Å². The third-order valence-corrected chi connectivity index (χ3v) is 4.72. The predicted molar refractivity (Wildman–Crippen MR) is 106 cm³/mol. The van der Waals surface area contributed by atoms with Crippen LogP contribution in [-0.4, -0.2) is 49.4 Å². The fourth-order valence-electron chi connectivity index (χ4n) is 3.18. The van der Waals surface area contributed by atoms with Gasteiger partial charge in [0.15, 0.2) is 0 Å². The molecule has 0 saturated carbocycles. The van der Waals surface area contributed by atoms with Crippen LogP contribution in [0, 0.1) is 0 Å². The largest absolute Gasteiger partial charge is 0.497 e. The summed E-state index contributed by atoms with van der Waals surface area (Å²) in [5.41, 5.74) is 0.974. The van der Waals surface area contributed by atoms with E-state index >= 15 is 0 Å². The quantitative estimate of drug-likeness (QED) is 0.726. The molecule has 1 heterocycles. The lowest BCUT2D eigenvalue weighted by Gasteiger charge is -2.23. The maximum Gasteiger partial charge on any atom is 0.326 e. The third-order valence-electron chi connectivity index (χ3n) is 4.72. The van der Waals surface area contributed by atoms with Gasteiger partial charge in [-0.1, -0.05) is 36.4 Å². The minimum Gasteiger partial charge on any atom is -0.497 e. The number of esters is 1.